The lowest BCUT2D eigenvalue weighted by Gasteiger charge is -2.45. The Morgan fingerprint density at radius 2 is 1.29 bits per heavy atom. The largest absolute Gasteiger partial charge is 0.462 e. The van der Waals surface area contributed by atoms with E-state index in [2.05, 4.69) is 0 Å². The monoisotopic (exact) mass is 470 g/mol. The SMILES string of the molecule is O=C(OCC1C(F)C(OS(=O)(=O)CCl)C1COC(=O)c1ccccc1)c1ccccc1. The van der Waals surface area contributed by atoms with Crippen LogP contribution in [0.2, 0.25) is 0 Å². The molecular formula is C21H20ClFO7S. The molecule has 166 valence electrons. The molecule has 3 rings (SSSR count). The van der Waals surface area contributed by atoms with E-state index in [1.165, 1.54) is 0 Å². The zero-order chi connectivity index (χ0) is 22.4. The van der Waals surface area contributed by atoms with Crippen LogP contribution in [0.25, 0.3) is 0 Å². The van der Waals surface area contributed by atoms with Gasteiger partial charge in [0.15, 0.2) is 0 Å². The van der Waals surface area contributed by atoms with Crippen molar-refractivity contribution in [2.24, 2.45) is 11.8 Å². The fourth-order valence-corrected chi connectivity index (χ4v) is 4.02. The van der Waals surface area contributed by atoms with Crippen LogP contribution in [0.5, 0.6) is 0 Å². The molecule has 0 radical (unpaired) electrons. The average Bonchev–Trinajstić information content (AvgIpc) is 2.80. The molecule has 2 aromatic carbocycles. The third kappa shape index (κ3) is 5.81. The first-order chi connectivity index (χ1) is 14.8. The summed E-state index contributed by atoms with van der Waals surface area (Å²) >= 11 is 5.34. The second kappa shape index (κ2) is 10.2. The summed E-state index contributed by atoms with van der Waals surface area (Å²) in [6.07, 6.45) is -3.14. The molecule has 4 unspecified atom stereocenters. The standard InChI is InChI=1S/C21H20ClFO7S/c22-13-31(26,27)30-19-17(12-29-21(25)15-9-5-2-6-10-15)16(18(19)23)11-28-20(24)14-7-3-1-4-8-14/h1-10,16-19H,11-13H2. The molecule has 0 N–H and O–H groups in total. The summed E-state index contributed by atoms with van der Waals surface area (Å²) in [6, 6.07) is 16.3. The Hall–Kier alpha value is -2.49. The summed E-state index contributed by atoms with van der Waals surface area (Å²) in [6.45, 7) is -0.645. The van der Waals surface area contributed by atoms with Crippen molar-refractivity contribution in [3.63, 3.8) is 0 Å². The Labute approximate surface area is 184 Å². The molecule has 31 heavy (non-hydrogen) atoms. The molecule has 1 fully saturated rings. The molecule has 0 heterocycles. The minimum Gasteiger partial charge on any atom is -0.462 e. The van der Waals surface area contributed by atoms with E-state index in [4.69, 9.17) is 25.3 Å². The van der Waals surface area contributed by atoms with Crippen LogP contribution >= 0.6 is 11.6 Å². The van der Waals surface area contributed by atoms with Crippen molar-refractivity contribution >= 4 is 33.7 Å². The first-order valence-electron chi connectivity index (χ1n) is 9.37. The van der Waals surface area contributed by atoms with Crippen LogP contribution in [-0.4, -0.2) is 51.1 Å². The third-order valence-corrected chi connectivity index (χ3v) is 6.50. The average molecular weight is 471 g/mol. The first kappa shape index (κ1) is 23.2. The Kier molecular flexibility index (Phi) is 7.64. The lowest BCUT2D eigenvalue weighted by Crippen LogP contribution is -2.59. The highest BCUT2D eigenvalue weighted by atomic mass is 35.5. The molecule has 7 nitrogen and oxygen atoms in total. The zero-order valence-electron chi connectivity index (χ0n) is 16.2. The van der Waals surface area contributed by atoms with Crippen molar-refractivity contribution < 1.29 is 36.1 Å². The van der Waals surface area contributed by atoms with E-state index in [1.54, 1.807) is 60.7 Å². The normalized spacial score (nSPS) is 22.9. The molecular weight excluding hydrogens is 451 g/mol. The predicted molar refractivity (Wildman–Crippen MR) is 110 cm³/mol. The van der Waals surface area contributed by atoms with Gasteiger partial charge < -0.3 is 9.47 Å². The lowest BCUT2D eigenvalue weighted by molar-refractivity contribution is -0.133. The van der Waals surface area contributed by atoms with Gasteiger partial charge in [-0.25, -0.2) is 14.0 Å². The molecule has 1 saturated carbocycles. The number of halogens is 2. The molecule has 4 atom stereocenters. The summed E-state index contributed by atoms with van der Waals surface area (Å²) in [5.41, 5.74) is 0.582. The van der Waals surface area contributed by atoms with Crippen LogP contribution in [0.15, 0.2) is 60.7 Å². The van der Waals surface area contributed by atoms with Gasteiger partial charge in [-0.15, -0.1) is 11.6 Å². The lowest BCUT2D eigenvalue weighted by atomic mass is 9.70. The van der Waals surface area contributed by atoms with E-state index < -0.39 is 51.4 Å². The Balaban J connectivity index is 1.66. The van der Waals surface area contributed by atoms with Crippen LogP contribution < -0.4 is 0 Å². The van der Waals surface area contributed by atoms with Crippen molar-refractivity contribution in [2.75, 3.05) is 18.4 Å². The van der Waals surface area contributed by atoms with Crippen LogP contribution in [0.4, 0.5) is 4.39 Å². The Bertz CT molecular complexity index is 1000. The van der Waals surface area contributed by atoms with Crippen LogP contribution in [0.3, 0.4) is 0 Å². The number of esters is 2. The van der Waals surface area contributed by atoms with Crippen LogP contribution in [-0.2, 0) is 23.8 Å². The van der Waals surface area contributed by atoms with Gasteiger partial charge in [0.2, 0.25) is 0 Å². The third-order valence-electron chi connectivity index (χ3n) is 4.92. The summed E-state index contributed by atoms with van der Waals surface area (Å²) in [5.74, 6) is -3.05. The number of rotatable bonds is 9. The van der Waals surface area contributed by atoms with Gasteiger partial charge in [0.1, 0.15) is 17.5 Å². The molecule has 2 aromatic rings. The molecule has 0 bridgehead atoms. The number of hydrogen-bond donors (Lipinski definition) is 0. The number of carbonyl (C=O) groups is 2. The van der Waals surface area contributed by atoms with Crippen LogP contribution in [0.1, 0.15) is 20.7 Å². The maximum atomic E-state index is 14.7. The predicted octanol–water partition coefficient (Wildman–Crippen LogP) is 3.20. The number of benzene rings is 2. The van der Waals surface area contributed by atoms with Crippen molar-refractivity contribution in [3.8, 4) is 0 Å². The molecule has 10 heteroatoms. The second-order valence-corrected chi connectivity index (χ2v) is 9.11. The topological polar surface area (TPSA) is 96.0 Å². The van der Waals surface area contributed by atoms with Crippen molar-refractivity contribution in [1.29, 1.82) is 0 Å². The second-order valence-electron chi connectivity index (χ2n) is 6.93. The maximum absolute atomic E-state index is 14.7. The van der Waals surface area contributed by atoms with Gasteiger partial charge >= 0.3 is 11.9 Å². The number of ether oxygens (including phenoxy) is 2. The van der Waals surface area contributed by atoms with Gasteiger partial charge in [-0.3, -0.25) is 4.18 Å². The van der Waals surface area contributed by atoms with Gasteiger partial charge in [-0.1, -0.05) is 36.4 Å². The fourth-order valence-electron chi connectivity index (χ4n) is 3.23. The molecule has 0 aliphatic heterocycles. The van der Waals surface area contributed by atoms with Crippen LogP contribution in [0, 0.1) is 11.8 Å². The molecule has 0 saturated heterocycles. The Morgan fingerprint density at radius 1 is 0.839 bits per heavy atom. The number of carbonyl (C=O) groups excluding carboxylic acids is 2. The van der Waals surface area contributed by atoms with Gasteiger partial charge in [0.05, 0.1) is 24.3 Å². The minimum atomic E-state index is -4.16. The van der Waals surface area contributed by atoms with E-state index in [0.717, 1.165) is 0 Å². The van der Waals surface area contributed by atoms with Crippen molar-refractivity contribution in [2.45, 2.75) is 12.3 Å². The van der Waals surface area contributed by atoms with E-state index >= 15 is 0 Å². The van der Waals surface area contributed by atoms with Gasteiger partial charge in [0, 0.05) is 11.8 Å². The quantitative estimate of drug-likeness (QED) is 0.315. The first-order valence-corrected chi connectivity index (χ1v) is 11.5. The summed E-state index contributed by atoms with van der Waals surface area (Å²) < 4.78 is 53.3. The van der Waals surface area contributed by atoms with E-state index in [-0.39, 0.29) is 18.8 Å². The van der Waals surface area contributed by atoms with E-state index in [1.807, 2.05) is 0 Å². The van der Waals surface area contributed by atoms with Gasteiger partial charge in [-0.05, 0) is 24.3 Å². The van der Waals surface area contributed by atoms with E-state index in [0.29, 0.717) is 5.56 Å². The fraction of sp³-hybridized carbons (Fsp3) is 0.333. The molecule has 0 amide bonds. The molecule has 0 spiro atoms. The molecule has 1 aliphatic rings. The van der Waals surface area contributed by atoms with E-state index in [9.17, 15) is 22.4 Å². The van der Waals surface area contributed by atoms with Gasteiger partial charge in [0.25, 0.3) is 10.1 Å². The zero-order valence-corrected chi connectivity index (χ0v) is 17.8. The molecule has 0 aromatic heterocycles. The smallest absolute Gasteiger partial charge is 0.338 e. The Morgan fingerprint density at radius 3 is 1.74 bits per heavy atom. The van der Waals surface area contributed by atoms with Gasteiger partial charge in [-0.2, -0.15) is 8.42 Å². The number of hydrogen-bond acceptors (Lipinski definition) is 7. The maximum Gasteiger partial charge on any atom is 0.338 e. The highest BCUT2D eigenvalue weighted by Crippen LogP contribution is 2.41. The summed E-state index contributed by atoms with van der Waals surface area (Å²) in [4.78, 5) is 24.3. The highest BCUT2D eigenvalue weighted by molar-refractivity contribution is 7.87. The van der Waals surface area contributed by atoms with Crippen molar-refractivity contribution in [1.82, 2.24) is 0 Å². The highest BCUT2D eigenvalue weighted by Gasteiger charge is 2.55. The summed E-state index contributed by atoms with van der Waals surface area (Å²) in [5, 5.41) is -0.847. The number of alkyl halides is 2. The van der Waals surface area contributed by atoms with Crippen molar-refractivity contribution in [3.05, 3.63) is 71.8 Å². The summed E-state index contributed by atoms with van der Waals surface area (Å²) in [7, 11) is -4.16. The minimum absolute atomic E-state index is 0.288. The molecule has 1 aliphatic carbocycles.